The average molecular weight is 362 g/mol. The lowest BCUT2D eigenvalue weighted by atomic mass is 10.2. The van der Waals surface area contributed by atoms with E-state index in [1.807, 2.05) is 13.0 Å². The van der Waals surface area contributed by atoms with E-state index in [-0.39, 0.29) is 0 Å². The number of hydrogen-bond acceptors (Lipinski definition) is 6. The molecule has 3 N–H and O–H groups in total. The van der Waals surface area contributed by atoms with Crippen LogP contribution in [-0.2, 0) is 17.9 Å². The van der Waals surface area contributed by atoms with Crippen molar-refractivity contribution >= 4 is 38.4 Å². The predicted molar refractivity (Wildman–Crippen MR) is 105 cm³/mol. The minimum absolute atomic E-state index is 0.499. The molecule has 0 spiro atoms. The zero-order valence-corrected chi connectivity index (χ0v) is 16.0. The number of unbranched alkanes of at least 4 members (excludes halogenated alkanes) is 1. The standard InChI is InChI=1S/C18H27N5OS/c1-4-24-11-14-22-15-16(17-13(7-10-25-17)21-18(15)19)23(14)9-6-5-8-20-12(2)3/h7,10,12,20H,4-6,8-9,11H2,1-3H3,(H2,19,21). The molecular weight excluding hydrogens is 334 g/mol. The van der Waals surface area contributed by atoms with E-state index in [2.05, 4.69) is 34.1 Å². The molecule has 0 aliphatic heterocycles. The molecule has 3 rings (SSSR count). The summed E-state index contributed by atoms with van der Waals surface area (Å²) in [7, 11) is 0. The monoisotopic (exact) mass is 361 g/mol. The highest BCUT2D eigenvalue weighted by Gasteiger charge is 2.17. The molecule has 3 aromatic heterocycles. The number of nitrogens with one attached hydrogen (secondary N) is 1. The zero-order valence-electron chi connectivity index (χ0n) is 15.2. The lowest BCUT2D eigenvalue weighted by Gasteiger charge is -2.11. The first-order chi connectivity index (χ1) is 12.1. The molecule has 0 fully saturated rings. The lowest BCUT2D eigenvalue weighted by molar-refractivity contribution is 0.126. The number of thiophene rings is 1. The Morgan fingerprint density at radius 2 is 2.16 bits per heavy atom. The molecule has 0 saturated carbocycles. The highest BCUT2D eigenvalue weighted by atomic mass is 32.1. The van der Waals surface area contributed by atoms with Crippen molar-refractivity contribution in [1.82, 2.24) is 19.9 Å². The topological polar surface area (TPSA) is 78.0 Å². The molecule has 0 saturated heterocycles. The lowest BCUT2D eigenvalue weighted by Crippen LogP contribution is -2.23. The van der Waals surface area contributed by atoms with E-state index in [1.54, 1.807) is 11.3 Å². The maximum Gasteiger partial charge on any atom is 0.152 e. The molecule has 0 radical (unpaired) electrons. The largest absolute Gasteiger partial charge is 0.382 e. The molecule has 3 aromatic rings. The van der Waals surface area contributed by atoms with Crippen LogP contribution >= 0.6 is 11.3 Å². The number of aromatic nitrogens is 3. The molecule has 0 amide bonds. The Balaban J connectivity index is 1.92. The number of hydrogen-bond donors (Lipinski definition) is 2. The van der Waals surface area contributed by atoms with Crippen LogP contribution in [0.4, 0.5) is 5.82 Å². The van der Waals surface area contributed by atoms with Gasteiger partial charge in [-0.3, -0.25) is 0 Å². The van der Waals surface area contributed by atoms with Crippen LogP contribution in [0.3, 0.4) is 0 Å². The summed E-state index contributed by atoms with van der Waals surface area (Å²) in [5, 5.41) is 5.53. The molecule has 7 heteroatoms. The number of nitrogen functional groups attached to an aromatic ring is 1. The minimum atomic E-state index is 0.499. The molecule has 136 valence electrons. The van der Waals surface area contributed by atoms with Gasteiger partial charge in [0, 0.05) is 19.2 Å². The van der Waals surface area contributed by atoms with E-state index in [9.17, 15) is 0 Å². The van der Waals surface area contributed by atoms with Gasteiger partial charge in [0.25, 0.3) is 0 Å². The van der Waals surface area contributed by atoms with Crippen molar-refractivity contribution in [1.29, 1.82) is 0 Å². The van der Waals surface area contributed by atoms with E-state index < -0.39 is 0 Å². The van der Waals surface area contributed by atoms with E-state index in [1.165, 1.54) is 0 Å². The molecule has 0 bridgehead atoms. The van der Waals surface area contributed by atoms with Gasteiger partial charge >= 0.3 is 0 Å². The first-order valence-corrected chi connectivity index (χ1v) is 9.82. The van der Waals surface area contributed by atoms with Crippen LogP contribution < -0.4 is 11.1 Å². The van der Waals surface area contributed by atoms with Gasteiger partial charge in [0.15, 0.2) is 5.82 Å². The normalized spacial score (nSPS) is 12.0. The summed E-state index contributed by atoms with van der Waals surface area (Å²) in [6, 6.07) is 2.54. The summed E-state index contributed by atoms with van der Waals surface area (Å²) in [6.07, 6.45) is 2.21. The maximum atomic E-state index is 6.17. The zero-order chi connectivity index (χ0) is 17.8. The van der Waals surface area contributed by atoms with Gasteiger partial charge in [-0.1, -0.05) is 13.8 Å². The number of anilines is 1. The van der Waals surface area contributed by atoms with Crippen LogP contribution in [0.1, 0.15) is 39.4 Å². The van der Waals surface area contributed by atoms with Crippen molar-refractivity contribution in [3.8, 4) is 0 Å². The maximum absolute atomic E-state index is 6.17. The summed E-state index contributed by atoms with van der Waals surface area (Å²) >= 11 is 1.69. The van der Waals surface area contributed by atoms with Crippen molar-refractivity contribution in [3.63, 3.8) is 0 Å². The second kappa shape index (κ2) is 8.12. The van der Waals surface area contributed by atoms with Gasteiger partial charge in [-0.2, -0.15) is 0 Å². The summed E-state index contributed by atoms with van der Waals surface area (Å²) in [6.45, 7) is 9.46. The fraction of sp³-hybridized carbons (Fsp3) is 0.556. The second-order valence-electron chi connectivity index (χ2n) is 6.46. The van der Waals surface area contributed by atoms with E-state index in [0.29, 0.717) is 25.1 Å². The molecule has 0 atom stereocenters. The summed E-state index contributed by atoms with van der Waals surface area (Å²) in [5.74, 6) is 1.43. The van der Waals surface area contributed by atoms with Crippen molar-refractivity contribution in [2.24, 2.45) is 0 Å². The van der Waals surface area contributed by atoms with Crippen molar-refractivity contribution < 1.29 is 4.74 Å². The van der Waals surface area contributed by atoms with Crippen molar-refractivity contribution in [3.05, 3.63) is 17.3 Å². The Labute approximate surface area is 152 Å². The molecule has 0 aromatic carbocycles. The Hall–Kier alpha value is -1.70. The van der Waals surface area contributed by atoms with Crippen LogP contribution in [0, 0.1) is 0 Å². The Bertz CT molecular complexity index is 839. The number of aryl methyl sites for hydroxylation is 1. The van der Waals surface area contributed by atoms with Crippen LogP contribution in [0.15, 0.2) is 11.4 Å². The van der Waals surface area contributed by atoms with Gasteiger partial charge in [0.05, 0.1) is 15.7 Å². The van der Waals surface area contributed by atoms with Gasteiger partial charge in [-0.15, -0.1) is 11.3 Å². The Morgan fingerprint density at radius 1 is 1.32 bits per heavy atom. The van der Waals surface area contributed by atoms with Crippen LogP contribution in [0.25, 0.3) is 21.3 Å². The predicted octanol–water partition coefficient (Wildman–Crippen LogP) is 3.54. The van der Waals surface area contributed by atoms with E-state index in [4.69, 9.17) is 15.5 Å². The number of nitrogens with zero attached hydrogens (tertiary/aromatic N) is 3. The third-order valence-electron chi connectivity index (χ3n) is 4.19. The van der Waals surface area contributed by atoms with Crippen LogP contribution in [-0.4, -0.2) is 33.7 Å². The molecule has 6 nitrogen and oxygen atoms in total. The van der Waals surface area contributed by atoms with Crippen LogP contribution in [0.5, 0.6) is 0 Å². The van der Waals surface area contributed by atoms with Gasteiger partial charge in [-0.05, 0) is 37.8 Å². The summed E-state index contributed by atoms with van der Waals surface area (Å²) in [4.78, 5) is 9.24. The van der Waals surface area contributed by atoms with Gasteiger partial charge in [0.1, 0.15) is 17.9 Å². The van der Waals surface area contributed by atoms with Gasteiger partial charge in [-0.25, -0.2) is 9.97 Å². The number of ether oxygens (including phenoxy) is 1. The molecule has 0 aliphatic carbocycles. The number of pyridine rings is 1. The summed E-state index contributed by atoms with van der Waals surface area (Å²) < 4.78 is 9.06. The molecule has 0 unspecified atom stereocenters. The van der Waals surface area contributed by atoms with Gasteiger partial charge in [0.2, 0.25) is 0 Å². The first-order valence-electron chi connectivity index (χ1n) is 8.94. The molecule has 0 aliphatic rings. The number of imidazole rings is 1. The summed E-state index contributed by atoms with van der Waals surface area (Å²) in [5.41, 5.74) is 9.01. The SMILES string of the molecule is CCOCc1nc2c(N)nc3ccsc3c2n1CCCCNC(C)C. The third-order valence-corrected chi connectivity index (χ3v) is 5.10. The van der Waals surface area contributed by atoms with E-state index >= 15 is 0 Å². The quantitative estimate of drug-likeness (QED) is 0.570. The minimum Gasteiger partial charge on any atom is -0.382 e. The Kier molecular flexibility index (Phi) is 5.88. The third kappa shape index (κ3) is 3.94. The second-order valence-corrected chi connectivity index (χ2v) is 7.38. The number of fused-ring (bicyclic) bond motifs is 3. The average Bonchev–Trinajstić information content (AvgIpc) is 3.17. The first kappa shape index (κ1) is 18.1. The molecule has 25 heavy (non-hydrogen) atoms. The number of rotatable bonds is 9. The van der Waals surface area contributed by atoms with E-state index in [0.717, 1.165) is 53.0 Å². The van der Waals surface area contributed by atoms with Crippen molar-refractivity contribution in [2.45, 2.75) is 52.8 Å². The smallest absolute Gasteiger partial charge is 0.152 e. The van der Waals surface area contributed by atoms with Gasteiger partial charge < -0.3 is 20.4 Å². The Morgan fingerprint density at radius 3 is 2.92 bits per heavy atom. The molecule has 3 heterocycles. The van der Waals surface area contributed by atoms with Crippen LogP contribution in [0.2, 0.25) is 0 Å². The fourth-order valence-corrected chi connectivity index (χ4v) is 3.87. The highest BCUT2D eigenvalue weighted by Crippen LogP contribution is 2.32. The number of nitrogens with two attached hydrogens (primary N) is 1. The van der Waals surface area contributed by atoms with Crippen molar-refractivity contribution in [2.75, 3.05) is 18.9 Å². The fourth-order valence-electron chi connectivity index (χ4n) is 2.99. The molecular formula is C18H27N5OS. The highest BCUT2D eigenvalue weighted by molar-refractivity contribution is 7.18.